The predicted octanol–water partition coefficient (Wildman–Crippen LogP) is 4.81. The van der Waals surface area contributed by atoms with Gasteiger partial charge in [0.1, 0.15) is 11.5 Å². The van der Waals surface area contributed by atoms with Gasteiger partial charge in [0.05, 0.1) is 17.1 Å². The van der Waals surface area contributed by atoms with Gasteiger partial charge in [-0.1, -0.05) is 29.8 Å². The van der Waals surface area contributed by atoms with E-state index in [0.717, 1.165) is 11.3 Å². The van der Waals surface area contributed by atoms with Crippen LogP contribution in [-0.2, 0) is 13.1 Å². The molecule has 138 valence electrons. The molecule has 0 spiro atoms. The lowest BCUT2D eigenvalue weighted by atomic mass is 10.1. The molecule has 1 aliphatic heterocycles. The van der Waals surface area contributed by atoms with Crippen molar-refractivity contribution >= 4 is 17.5 Å². The Morgan fingerprint density at radius 2 is 1.85 bits per heavy atom. The second-order valence-corrected chi connectivity index (χ2v) is 6.75. The minimum atomic E-state index is -0.160. The zero-order valence-corrected chi connectivity index (χ0v) is 15.5. The van der Waals surface area contributed by atoms with Gasteiger partial charge in [-0.25, -0.2) is 0 Å². The number of hydrogen-bond donors (Lipinski definition) is 0. The zero-order chi connectivity index (χ0) is 18.8. The van der Waals surface area contributed by atoms with Crippen LogP contribution in [0.1, 0.15) is 27.4 Å². The molecular weight excluding hydrogens is 366 g/mol. The van der Waals surface area contributed by atoms with Gasteiger partial charge in [0, 0.05) is 6.54 Å². The molecule has 1 aliphatic rings. The molecular formula is C21H18ClNO4. The van der Waals surface area contributed by atoms with Crippen LogP contribution in [0.4, 0.5) is 0 Å². The monoisotopic (exact) mass is 383 g/mol. The number of hydrogen-bond acceptors (Lipinski definition) is 4. The van der Waals surface area contributed by atoms with Crippen LogP contribution in [0.2, 0.25) is 5.02 Å². The summed E-state index contributed by atoms with van der Waals surface area (Å²) in [6.07, 6.45) is 0. The van der Waals surface area contributed by atoms with Gasteiger partial charge in [-0.15, -0.1) is 0 Å². The summed E-state index contributed by atoms with van der Waals surface area (Å²) >= 11 is 6.24. The number of aryl methyl sites for hydroxylation is 1. The van der Waals surface area contributed by atoms with Crippen molar-refractivity contribution < 1.29 is 18.7 Å². The van der Waals surface area contributed by atoms with E-state index in [0.29, 0.717) is 40.9 Å². The molecule has 2 heterocycles. The number of ether oxygens (including phenoxy) is 2. The molecule has 0 N–H and O–H groups in total. The van der Waals surface area contributed by atoms with Gasteiger partial charge >= 0.3 is 0 Å². The molecule has 0 atom stereocenters. The lowest BCUT2D eigenvalue weighted by molar-refractivity contribution is 0.0717. The minimum absolute atomic E-state index is 0.160. The van der Waals surface area contributed by atoms with Gasteiger partial charge in [-0.2, -0.15) is 0 Å². The fourth-order valence-electron chi connectivity index (χ4n) is 3.02. The van der Waals surface area contributed by atoms with Gasteiger partial charge in [0.25, 0.3) is 5.91 Å². The van der Waals surface area contributed by atoms with E-state index in [-0.39, 0.29) is 12.7 Å². The van der Waals surface area contributed by atoms with Crippen LogP contribution in [0.3, 0.4) is 0 Å². The Morgan fingerprint density at radius 3 is 2.63 bits per heavy atom. The lowest BCUT2D eigenvalue weighted by Crippen LogP contribution is -2.30. The summed E-state index contributed by atoms with van der Waals surface area (Å²) in [5.74, 6) is 2.76. The molecule has 1 amide bonds. The zero-order valence-electron chi connectivity index (χ0n) is 14.8. The highest BCUT2D eigenvalue weighted by Crippen LogP contribution is 2.33. The van der Waals surface area contributed by atoms with E-state index in [4.69, 9.17) is 25.5 Å². The SMILES string of the molecule is Cc1ccc(CN(Cc2ccc3c(c2)OCO3)C(=O)c2ccccc2Cl)o1. The average molecular weight is 384 g/mol. The number of carbonyl (C=O) groups is 1. The van der Waals surface area contributed by atoms with Crippen molar-refractivity contribution in [3.8, 4) is 11.5 Å². The number of carbonyl (C=O) groups excluding carboxylic acids is 1. The van der Waals surface area contributed by atoms with Crippen molar-refractivity contribution in [2.75, 3.05) is 6.79 Å². The Hall–Kier alpha value is -2.92. The third-order valence-corrected chi connectivity index (χ3v) is 4.67. The van der Waals surface area contributed by atoms with E-state index >= 15 is 0 Å². The second-order valence-electron chi connectivity index (χ2n) is 6.34. The number of benzene rings is 2. The second kappa shape index (κ2) is 7.37. The van der Waals surface area contributed by atoms with Crippen LogP contribution < -0.4 is 9.47 Å². The van der Waals surface area contributed by atoms with Crippen LogP contribution >= 0.6 is 11.6 Å². The van der Waals surface area contributed by atoms with Crippen LogP contribution in [0.25, 0.3) is 0 Å². The average Bonchev–Trinajstić information content (AvgIpc) is 3.29. The van der Waals surface area contributed by atoms with Crippen molar-refractivity contribution in [2.45, 2.75) is 20.0 Å². The molecule has 5 nitrogen and oxygen atoms in total. The first-order valence-corrected chi connectivity index (χ1v) is 8.95. The van der Waals surface area contributed by atoms with Crippen LogP contribution in [-0.4, -0.2) is 17.6 Å². The Morgan fingerprint density at radius 1 is 1.04 bits per heavy atom. The summed E-state index contributed by atoms with van der Waals surface area (Å²) in [6.45, 7) is 2.82. The maximum atomic E-state index is 13.2. The highest BCUT2D eigenvalue weighted by atomic mass is 35.5. The highest BCUT2D eigenvalue weighted by molar-refractivity contribution is 6.33. The maximum Gasteiger partial charge on any atom is 0.256 e. The molecule has 4 rings (SSSR count). The molecule has 0 unspecified atom stereocenters. The number of nitrogens with zero attached hydrogens (tertiary/aromatic N) is 1. The summed E-state index contributed by atoms with van der Waals surface area (Å²) in [6, 6.07) is 16.5. The quantitative estimate of drug-likeness (QED) is 0.634. The molecule has 0 bridgehead atoms. The van der Waals surface area contributed by atoms with E-state index < -0.39 is 0 Å². The number of halogens is 1. The highest BCUT2D eigenvalue weighted by Gasteiger charge is 2.21. The molecule has 0 saturated carbocycles. The van der Waals surface area contributed by atoms with Gasteiger partial charge < -0.3 is 18.8 Å². The molecule has 0 saturated heterocycles. The number of amides is 1. The van der Waals surface area contributed by atoms with E-state index in [1.165, 1.54) is 0 Å². The molecule has 0 aliphatic carbocycles. The van der Waals surface area contributed by atoms with E-state index in [9.17, 15) is 4.79 Å². The fraction of sp³-hybridized carbons (Fsp3) is 0.190. The Balaban J connectivity index is 1.63. The Labute approximate surface area is 162 Å². The first-order chi connectivity index (χ1) is 13.1. The van der Waals surface area contributed by atoms with Crippen LogP contribution in [0, 0.1) is 6.92 Å². The smallest absolute Gasteiger partial charge is 0.256 e. The molecule has 0 radical (unpaired) electrons. The third kappa shape index (κ3) is 3.78. The summed E-state index contributed by atoms with van der Waals surface area (Å²) in [4.78, 5) is 14.9. The largest absolute Gasteiger partial charge is 0.464 e. The predicted molar refractivity (Wildman–Crippen MR) is 101 cm³/mol. The van der Waals surface area contributed by atoms with Crippen LogP contribution in [0.5, 0.6) is 11.5 Å². The minimum Gasteiger partial charge on any atom is -0.464 e. The van der Waals surface area contributed by atoms with E-state index in [1.807, 2.05) is 37.3 Å². The maximum absolute atomic E-state index is 13.2. The van der Waals surface area contributed by atoms with Crippen molar-refractivity contribution in [3.05, 3.63) is 82.3 Å². The Kier molecular flexibility index (Phi) is 4.77. The molecule has 3 aromatic rings. The Bertz CT molecular complexity index is 982. The first-order valence-electron chi connectivity index (χ1n) is 8.58. The summed E-state index contributed by atoms with van der Waals surface area (Å²) in [7, 11) is 0. The first kappa shape index (κ1) is 17.5. The van der Waals surface area contributed by atoms with Crippen molar-refractivity contribution in [1.82, 2.24) is 4.90 Å². The molecule has 27 heavy (non-hydrogen) atoms. The van der Waals surface area contributed by atoms with Crippen molar-refractivity contribution in [2.24, 2.45) is 0 Å². The van der Waals surface area contributed by atoms with Crippen molar-refractivity contribution in [3.63, 3.8) is 0 Å². The van der Waals surface area contributed by atoms with Gasteiger partial charge in [-0.05, 0) is 48.9 Å². The number of furan rings is 1. The van der Waals surface area contributed by atoms with Crippen molar-refractivity contribution in [1.29, 1.82) is 0 Å². The van der Waals surface area contributed by atoms with E-state index in [1.54, 1.807) is 29.2 Å². The summed E-state index contributed by atoms with van der Waals surface area (Å²) in [5, 5.41) is 0.425. The summed E-state index contributed by atoms with van der Waals surface area (Å²) < 4.78 is 16.5. The normalized spacial score (nSPS) is 12.2. The third-order valence-electron chi connectivity index (χ3n) is 4.34. The van der Waals surface area contributed by atoms with Crippen LogP contribution in [0.15, 0.2) is 59.0 Å². The topological polar surface area (TPSA) is 51.9 Å². The fourth-order valence-corrected chi connectivity index (χ4v) is 3.24. The lowest BCUT2D eigenvalue weighted by Gasteiger charge is -2.22. The summed E-state index contributed by atoms with van der Waals surface area (Å²) in [5.41, 5.74) is 1.39. The molecule has 6 heteroatoms. The van der Waals surface area contributed by atoms with E-state index in [2.05, 4.69) is 0 Å². The van der Waals surface area contributed by atoms with Gasteiger partial charge in [0.15, 0.2) is 11.5 Å². The molecule has 2 aromatic carbocycles. The van der Waals surface area contributed by atoms with Gasteiger partial charge in [0.2, 0.25) is 6.79 Å². The molecule has 1 aromatic heterocycles. The molecule has 0 fully saturated rings. The van der Waals surface area contributed by atoms with Gasteiger partial charge in [-0.3, -0.25) is 4.79 Å². The standard InChI is InChI=1S/C21H18ClNO4/c1-14-6-8-16(27-14)12-23(21(24)17-4-2-3-5-18(17)22)11-15-7-9-19-20(10-15)26-13-25-19/h2-10H,11-13H2,1H3. The number of rotatable bonds is 5. The number of fused-ring (bicyclic) bond motifs is 1.